The Morgan fingerprint density at radius 2 is 2.16 bits per heavy atom. The molecule has 1 N–H and O–H groups in total. The van der Waals surface area contributed by atoms with E-state index in [1.807, 2.05) is 6.07 Å². The lowest BCUT2D eigenvalue weighted by Crippen LogP contribution is -1.93. The normalized spacial score (nSPS) is 10.9. The number of rotatable bonds is 2. The Bertz CT molecular complexity index is 757. The molecule has 1 aromatic carbocycles. The SMILES string of the molecule is Cc1ccc2nc(Nc3ncc(Cl)cc3Br)sc2c1. The monoisotopic (exact) mass is 353 g/mol. The number of nitrogens with one attached hydrogen (secondary N) is 1. The van der Waals surface area contributed by atoms with E-state index in [1.54, 1.807) is 23.6 Å². The third kappa shape index (κ3) is 2.73. The van der Waals surface area contributed by atoms with Crippen molar-refractivity contribution in [3.63, 3.8) is 0 Å². The van der Waals surface area contributed by atoms with E-state index in [-0.39, 0.29) is 0 Å². The Balaban J connectivity index is 1.96. The fraction of sp³-hybridized carbons (Fsp3) is 0.0769. The maximum Gasteiger partial charge on any atom is 0.189 e. The van der Waals surface area contributed by atoms with Gasteiger partial charge in [-0.1, -0.05) is 29.0 Å². The predicted octanol–water partition coefficient (Wildman–Crippen LogP) is 5.16. The fourth-order valence-electron chi connectivity index (χ4n) is 1.69. The van der Waals surface area contributed by atoms with Gasteiger partial charge >= 0.3 is 0 Å². The maximum atomic E-state index is 5.87. The highest BCUT2D eigenvalue weighted by Gasteiger charge is 2.07. The van der Waals surface area contributed by atoms with Gasteiger partial charge in [0.05, 0.1) is 19.7 Å². The average Bonchev–Trinajstić information content (AvgIpc) is 2.74. The van der Waals surface area contributed by atoms with Crippen molar-refractivity contribution in [2.75, 3.05) is 5.32 Å². The lowest BCUT2D eigenvalue weighted by Gasteiger charge is -2.03. The minimum atomic E-state index is 0.595. The molecule has 6 heteroatoms. The number of hydrogen-bond acceptors (Lipinski definition) is 4. The topological polar surface area (TPSA) is 37.8 Å². The quantitative estimate of drug-likeness (QED) is 0.691. The van der Waals surface area contributed by atoms with Gasteiger partial charge in [0.25, 0.3) is 0 Å². The number of pyridine rings is 1. The first kappa shape index (κ1) is 12.8. The van der Waals surface area contributed by atoms with E-state index in [4.69, 9.17) is 11.6 Å². The van der Waals surface area contributed by atoms with Crippen molar-refractivity contribution < 1.29 is 0 Å². The number of aromatic nitrogens is 2. The molecule has 0 radical (unpaired) electrons. The Kier molecular flexibility index (Phi) is 3.43. The van der Waals surface area contributed by atoms with Crippen molar-refractivity contribution in [3.8, 4) is 0 Å². The Labute approximate surface area is 127 Å². The van der Waals surface area contributed by atoms with Crippen LogP contribution >= 0.6 is 38.9 Å². The minimum absolute atomic E-state index is 0.595. The van der Waals surface area contributed by atoms with Crippen LogP contribution in [0.2, 0.25) is 5.02 Å². The largest absolute Gasteiger partial charge is 0.315 e. The smallest absolute Gasteiger partial charge is 0.189 e. The van der Waals surface area contributed by atoms with Crippen molar-refractivity contribution in [1.29, 1.82) is 0 Å². The van der Waals surface area contributed by atoms with Gasteiger partial charge in [0, 0.05) is 6.20 Å². The second kappa shape index (κ2) is 5.07. The molecule has 2 aromatic heterocycles. The van der Waals surface area contributed by atoms with Gasteiger partial charge in [0.15, 0.2) is 5.13 Å². The van der Waals surface area contributed by atoms with E-state index in [0.717, 1.165) is 19.8 Å². The summed E-state index contributed by atoms with van der Waals surface area (Å²) in [5, 5.41) is 4.61. The summed E-state index contributed by atoms with van der Waals surface area (Å²) in [7, 11) is 0. The zero-order chi connectivity index (χ0) is 13.4. The van der Waals surface area contributed by atoms with Crippen molar-refractivity contribution in [3.05, 3.63) is 45.5 Å². The van der Waals surface area contributed by atoms with Crippen LogP contribution in [-0.2, 0) is 0 Å². The molecule has 0 aliphatic carbocycles. The number of halogens is 2. The molecule has 96 valence electrons. The molecular weight excluding hydrogens is 346 g/mol. The van der Waals surface area contributed by atoms with E-state index < -0.39 is 0 Å². The highest BCUT2D eigenvalue weighted by atomic mass is 79.9. The van der Waals surface area contributed by atoms with Crippen LogP contribution < -0.4 is 5.32 Å². The van der Waals surface area contributed by atoms with Crippen LogP contribution in [0.1, 0.15) is 5.56 Å². The molecule has 0 aliphatic heterocycles. The van der Waals surface area contributed by atoms with Crippen LogP contribution in [0, 0.1) is 6.92 Å². The molecular formula is C13H9BrClN3S. The van der Waals surface area contributed by atoms with E-state index in [2.05, 4.69) is 50.3 Å². The highest BCUT2D eigenvalue weighted by molar-refractivity contribution is 9.10. The van der Waals surface area contributed by atoms with Crippen LogP contribution in [0.3, 0.4) is 0 Å². The van der Waals surface area contributed by atoms with E-state index in [0.29, 0.717) is 10.8 Å². The number of hydrogen-bond donors (Lipinski definition) is 1. The van der Waals surface area contributed by atoms with Crippen molar-refractivity contribution >= 4 is 60.0 Å². The summed E-state index contributed by atoms with van der Waals surface area (Å²) in [4.78, 5) is 8.76. The Hall–Kier alpha value is -1.17. The van der Waals surface area contributed by atoms with E-state index in [9.17, 15) is 0 Å². The molecule has 3 aromatic rings. The van der Waals surface area contributed by atoms with Crippen LogP contribution in [-0.4, -0.2) is 9.97 Å². The van der Waals surface area contributed by atoms with Crippen molar-refractivity contribution in [2.45, 2.75) is 6.92 Å². The van der Waals surface area contributed by atoms with E-state index >= 15 is 0 Å². The maximum absolute atomic E-state index is 5.87. The van der Waals surface area contributed by atoms with Crippen LogP contribution in [0.5, 0.6) is 0 Å². The Morgan fingerprint density at radius 1 is 1.32 bits per heavy atom. The molecule has 0 saturated carbocycles. The summed E-state index contributed by atoms with van der Waals surface area (Å²) in [6.45, 7) is 2.07. The Morgan fingerprint density at radius 3 is 2.95 bits per heavy atom. The average molecular weight is 355 g/mol. The molecule has 19 heavy (non-hydrogen) atoms. The van der Waals surface area contributed by atoms with Gasteiger partial charge in [-0.2, -0.15) is 0 Å². The van der Waals surface area contributed by atoms with E-state index in [1.165, 1.54) is 5.56 Å². The highest BCUT2D eigenvalue weighted by Crippen LogP contribution is 2.31. The number of nitrogens with zero attached hydrogens (tertiary/aromatic N) is 2. The summed E-state index contributed by atoms with van der Waals surface area (Å²) in [5.74, 6) is 0.708. The third-order valence-electron chi connectivity index (χ3n) is 2.58. The van der Waals surface area contributed by atoms with Gasteiger partial charge < -0.3 is 5.32 Å². The minimum Gasteiger partial charge on any atom is -0.315 e. The molecule has 3 nitrogen and oxygen atoms in total. The first-order valence-corrected chi connectivity index (χ1v) is 7.56. The van der Waals surface area contributed by atoms with Gasteiger partial charge in [0.1, 0.15) is 5.82 Å². The molecule has 0 fully saturated rings. The molecule has 0 unspecified atom stereocenters. The van der Waals surface area contributed by atoms with Crippen molar-refractivity contribution in [1.82, 2.24) is 9.97 Å². The summed E-state index contributed by atoms with van der Waals surface area (Å²) in [6, 6.07) is 8.01. The number of thiazole rings is 1. The molecule has 0 spiro atoms. The van der Waals surface area contributed by atoms with Crippen LogP contribution in [0.15, 0.2) is 34.9 Å². The number of anilines is 2. The molecule has 0 amide bonds. The molecule has 0 aliphatic rings. The standard InChI is InChI=1S/C13H9BrClN3S/c1-7-2-3-10-11(4-7)19-13(17-10)18-12-9(14)5-8(15)6-16-12/h2-6H,1H3,(H,16,17,18). The molecule has 0 bridgehead atoms. The van der Waals surface area contributed by atoms with Crippen LogP contribution in [0.4, 0.5) is 10.9 Å². The first-order valence-electron chi connectivity index (χ1n) is 5.57. The summed E-state index contributed by atoms with van der Waals surface area (Å²) < 4.78 is 1.98. The number of fused-ring (bicyclic) bond motifs is 1. The van der Waals surface area contributed by atoms with Gasteiger partial charge in [-0.05, 0) is 46.6 Å². The molecule has 3 rings (SSSR count). The fourth-order valence-corrected chi connectivity index (χ4v) is 3.39. The molecule has 0 saturated heterocycles. The van der Waals surface area contributed by atoms with Crippen molar-refractivity contribution in [2.24, 2.45) is 0 Å². The summed E-state index contributed by atoms with van der Waals surface area (Å²) in [5.41, 5.74) is 2.22. The predicted molar refractivity (Wildman–Crippen MR) is 84.6 cm³/mol. The van der Waals surface area contributed by atoms with Crippen LogP contribution in [0.25, 0.3) is 10.2 Å². The third-order valence-corrected chi connectivity index (χ3v) is 4.32. The number of aryl methyl sites for hydroxylation is 1. The van der Waals surface area contributed by atoms with Gasteiger partial charge in [-0.3, -0.25) is 0 Å². The molecule has 2 heterocycles. The number of benzene rings is 1. The second-order valence-electron chi connectivity index (χ2n) is 4.10. The van der Waals surface area contributed by atoms with Gasteiger partial charge in [-0.15, -0.1) is 0 Å². The second-order valence-corrected chi connectivity index (χ2v) is 6.42. The van der Waals surface area contributed by atoms with Gasteiger partial charge in [-0.25, -0.2) is 9.97 Å². The zero-order valence-corrected chi connectivity index (χ0v) is 13.1. The lowest BCUT2D eigenvalue weighted by molar-refractivity contribution is 1.28. The summed E-state index contributed by atoms with van der Waals surface area (Å²) >= 11 is 10.9. The first-order chi connectivity index (χ1) is 9.11. The zero-order valence-electron chi connectivity index (χ0n) is 9.95. The molecule has 0 atom stereocenters. The lowest BCUT2D eigenvalue weighted by atomic mass is 10.2. The van der Waals surface area contributed by atoms with Gasteiger partial charge in [0.2, 0.25) is 0 Å². The summed E-state index contributed by atoms with van der Waals surface area (Å²) in [6.07, 6.45) is 1.60.